The largest absolute Gasteiger partial charge is 0.353 e. The van der Waals surface area contributed by atoms with Crippen molar-refractivity contribution < 1.29 is 4.79 Å². The number of carbonyl (C=O) groups excluding carboxylic acids is 1. The van der Waals surface area contributed by atoms with Crippen LogP contribution in [0.3, 0.4) is 0 Å². The quantitative estimate of drug-likeness (QED) is 0.629. The number of fused-ring (bicyclic) bond motifs is 1. The monoisotopic (exact) mass is 398 g/mol. The first kappa shape index (κ1) is 18.3. The van der Waals surface area contributed by atoms with Gasteiger partial charge in [0.05, 0.1) is 21.6 Å². The van der Waals surface area contributed by atoms with E-state index >= 15 is 0 Å². The molecule has 2 aromatic heterocycles. The van der Waals surface area contributed by atoms with E-state index in [1.54, 1.807) is 0 Å². The summed E-state index contributed by atoms with van der Waals surface area (Å²) in [6, 6.07) is 2.17. The van der Waals surface area contributed by atoms with Gasteiger partial charge in [-0.15, -0.1) is 0 Å². The van der Waals surface area contributed by atoms with Gasteiger partial charge in [-0.1, -0.05) is 32.5 Å². The zero-order valence-electron chi connectivity index (χ0n) is 14.4. The van der Waals surface area contributed by atoms with Crippen LogP contribution in [0.5, 0.6) is 0 Å². The molecule has 0 atom stereocenters. The van der Waals surface area contributed by atoms with Crippen LogP contribution in [0, 0.1) is 6.92 Å². The van der Waals surface area contributed by atoms with E-state index < -0.39 is 0 Å². The summed E-state index contributed by atoms with van der Waals surface area (Å²) in [6.07, 6.45) is 0. The fraction of sp³-hybridized carbons (Fsp3) is 0.562. The number of rotatable bonds is 4. The van der Waals surface area contributed by atoms with E-state index in [0.29, 0.717) is 5.75 Å². The second kappa shape index (κ2) is 6.81. The number of halogens is 1. The molecule has 2 rings (SSSR count). The van der Waals surface area contributed by atoms with Crippen molar-refractivity contribution in [1.29, 1.82) is 0 Å². The molecule has 7 heteroatoms. The Kier molecular flexibility index (Phi) is 5.41. The van der Waals surface area contributed by atoms with Gasteiger partial charge in [0.15, 0.2) is 5.65 Å². The van der Waals surface area contributed by atoms with Gasteiger partial charge in [-0.3, -0.25) is 4.79 Å². The standard InChI is InChI=1S/C16H23BrN4OS/c1-9(2)18-12(22)8-23-13-7-11(16(4,5)6)19-15-14(17)10(3)20-21(13)15/h7,9H,8H2,1-6H3,(H,18,22). The van der Waals surface area contributed by atoms with Crippen molar-refractivity contribution >= 4 is 39.2 Å². The molecule has 0 unspecified atom stereocenters. The predicted molar refractivity (Wildman–Crippen MR) is 98.1 cm³/mol. The maximum absolute atomic E-state index is 11.9. The minimum absolute atomic E-state index is 0.0233. The molecule has 1 amide bonds. The molecule has 0 saturated heterocycles. The van der Waals surface area contributed by atoms with Crippen molar-refractivity contribution in [2.45, 2.75) is 58.0 Å². The van der Waals surface area contributed by atoms with E-state index in [0.717, 1.165) is 26.5 Å². The van der Waals surface area contributed by atoms with Crippen LogP contribution in [0.15, 0.2) is 15.6 Å². The Bertz CT molecular complexity index is 734. The lowest BCUT2D eigenvalue weighted by atomic mass is 9.92. The summed E-state index contributed by atoms with van der Waals surface area (Å²) in [5.41, 5.74) is 2.59. The summed E-state index contributed by atoms with van der Waals surface area (Å²) in [5.74, 6) is 0.382. The lowest BCUT2D eigenvalue weighted by Crippen LogP contribution is -2.31. The first-order valence-corrected chi connectivity index (χ1v) is 9.36. The fourth-order valence-electron chi connectivity index (χ4n) is 2.06. The van der Waals surface area contributed by atoms with Gasteiger partial charge in [-0.2, -0.15) is 5.10 Å². The Morgan fingerprint density at radius 3 is 2.65 bits per heavy atom. The highest BCUT2D eigenvalue weighted by Gasteiger charge is 2.21. The topological polar surface area (TPSA) is 59.3 Å². The van der Waals surface area contributed by atoms with Crippen LogP contribution in [0.25, 0.3) is 5.65 Å². The van der Waals surface area contributed by atoms with Gasteiger partial charge in [0.25, 0.3) is 0 Å². The average Bonchev–Trinajstić information content (AvgIpc) is 2.70. The molecule has 0 spiro atoms. The van der Waals surface area contributed by atoms with Gasteiger partial charge in [-0.05, 0) is 42.8 Å². The molecule has 0 aromatic carbocycles. The number of hydrogen-bond acceptors (Lipinski definition) is 4. The number of hydrogen-bond donors (Lipinski definition) is 1. The van der Waals surface area contributed by atoms with Gasteiger partial charge in [0.1, 0.15) is 5.03 Å². The van der Waals surface area contributed by atoms with E-state index in [1.807, 2.05) is 31.4 Å². The molecule has 0 saturated carbocycles. The fourth-order valence-corrected chi connectivity index (χ4v) is 3.20. The molecule has 0 aliphatic heterocycles. The third kappa shape index (κ3) is 4.26. The van der Waals surface area contributed by atoms with Crippen LogP contribution in [0.2, 0.25) is 0 Å². The zero-order valence-corrected chi connectivity index (χ0v) is 16.8. The van der Waals surface area contributed by atoms with Crippen LogP contribution >= 0.6 is 27.7 Å². The number of carbonyl (C=O) groups is 1. The second-order valence-corrected chi connectivity index (χ2v) is 8.66. The number of nitrogens with zero attached hydrogens (tertiary/aromatic N) is 3. The normalized spacial score (nSPS) is 12.2. The maximum atomic E-state index is 11.9. The first-order valence-electron chi connectivity index (χ1n) is 7.58. The average molecular weight is 399 g/mol. The summed E-state index contributed by atoms with van der Waals surface area (Å²) >= 11 is 5.04. The van der Waals surface area contributed by atoms with E-state index in [2.05, 4.69) is 47.1 Å². The van der Waals surface area contributed by atoms with Gasteiger partial charge >= 0.3 is 0 Å². The van der Waals surface area contributed by atoms with Crippen molar-refractivity contribution in [3.05, 3.63) is 21.9 Å². The molecule has 0 bridgehead atoms. The highest BCUT2D eigenvalue weighted by Crippen LogP contribution is 2.30. The molecule has 0 fully saturated rings. The lowest BCUT2D eigenvalue weighted by Gasteiger charge is -2.19. The molecule has 5 nitrogen and oxygen atoms in total. The van der Waals surface area contributed by atoms with Crippen LogP contribution in [-0.2, 0) is 10.2 Å². The summed E-state index contributed by atoms with van der Waals surface area (Å²) in [6.45, 7) is 12.2. The second-order valence-electron chi connectivity index (χ2n) is 6.88. The van der Waals surface area contributed by atoms with Crippen molar-refractivity contribution in [1.82, 2.24) is 19.9 Å². The summed E-state index contributed by atoms with van der Waals surface area (Å²) in [5, 5.41) is 8.36. The van der Waals surface area contributed by atoms with Crippen LogP contribution in [-0.4, -0.2) is 32.3 Å². The number of aryl methyl sites for hydroxylation is 1. The van der Waals surface area contributed by atoms with Crippen molar-refractivity contribution in [2.24, 2.45) is 0 Å². The smallest absolute Gasteiger partial charge is 0.230 e. The van der Waals surface area contributed by atoms with Crippen LogP contribution in [0.1, 0.15) is 46.0 Å². The van der Waals surface area contributed by atoms with Crippen LogP contribution in [0.4, 0.5) is 0 Å². The maximum Gasteiger partial charge on any atom is 0.230 e. The molecule has 2 aromatic rings. The predicted octanol–water partition coefficient (Wildman–Crippen LogP) is 3.71. The molecule has 2 heterocycles. The minimum atomic E-state index is -0.0745. The summed E-state index contributed by atoms with van der Waals surface area (Å²) in [4.78, 5) is 16.7. The van der Waals surface area contributed by atoms with E-state index in [1.165, 1.54) is 11.8 Å². The van der Waals surface area contributed by atoms with Gasteiger partial charge < -0.3 is 5.32 Å². The Hall–Kier alpha value is -1.08. The minimum Gasteiger partial charge on any atom is -0.353 e. The van der Waals surface area contributed by atoms with E-state index in [4.69, 9.17) is 4.98 Å². The van der Waals surface area contributed by atoms with E-state index in [-0.39, 0.29) is 17.4 Å². The van der Waals surface area contributed by atoms with Crippen molar-refractivity contribution in [3.63, 3.8) is 0 Å². The molecule has 0 radical (unpaired) electrons. The summed E-state index contributed by atoms with van der Waals surface area (Å²) < 4.78 is 2.71. The van der Waals surface area contributed by atoms with Crippen LogP contribution < -0.4 is 5.32 Å². The highest BCUT2D eigenvalue weighted by molar-refractivity contribution is 9.10. The molecule has 0 aliphatic carbocycles. The third-order valence-electron chi connectivity index (χ3n) is 3.23. The van der Waals surface area contributed by atoms with Gasteiger partial charge in [0, 0.05) is 11.5 Å². The number of aromatic nitrogens is 3. The molecule has 126 valence electrons. The zero-order chi connectivity index (χ0) is 17.4. The highest BCUT2D eigenvalue weighted by atomic mass is 79.9. The van der Waals surface area contributed by atoms with Gasteiger partial charge in [0.2, 0.25) is 5.91 Å². The van der Waals surface area contributed by atoms with Crippen molar-refractivity contribution in [2.75, 3.05) is 5.75 Å². The first-order chi connectivity index (χ1) is 10.6. The number of nitrogens with one attached hydrogen (secondary N) is 1. The SMILES string of the molecule is Cc1nn2c(SCC(=O)NC(C)C)cc(C(C)(C)C)nc2c1Br. The van der Waals surface area contributed by atoms with E-state index in [9.17, 15) is 4.79 Å². The lowest BCUT2D eigenvalue weighted by molar-refractivity contribution is -0.119. The molecule has 1 N–H and O–H groups in total. The Morgan fingerprint density at radius 2 is 2.09 bits per heavy atom. The number of thioether (sulfide) groups is 1. The third-order valence-corrected chi connectivity index (χ3v) is 5.15. The molecule has 23 heavy (non-hydrogen) atoms. The Morgan fingerprint density at radius 1 is 1.43 bits per heavy atom. The Labute approximate surface area is 149 Å². The van der Waals surface area contributed by atoms with Gasteiger partial charge in [-0.25, -0.2) is 9.50 Å². The molecule has 0 aliphatic rings. The van der Waals surface area contributed by atoms with Crippen molar-refractivity contribution in [3.8, 4) is 0 Å². The Balaban J connectivity index is 2.41. The summed E-state index contributed by atoms with van der Waals surface area (Å²) in [7, 11) is 0. The molecular weight excluding hydrogens is 376 g/mol. The number of amides is 1. The molecular formula is C16H23BrN4OS.